The van der Waals surface area contributed by atoms with Crippen molar-refractivity contribution in [3.05, 3.63) is 53.4 Å². The molecule has 1 aromatic carbocycles. The van der Waals surface area contributed by atoms with Crippen molar-refractivity contribution in [2.24, 2.45) is 0 Å². The Morgan fingerprint density at radius 2 is 2.11 bits per heavy atom. The molecule has 7 heteroatoms. The third-order valence-electron chi connectivity index (χ3n) is 4.82. The number of nitrogens with zero attached hydrogens (tertiary/aromatic N) is 3. The molecular weight excluding hydrogens is 363 g/mol. The first-order chi connectivity index (χ1) is 13.2. The highest BCUT2D eigenvalue weighted by Gasteiger charge is 2.19. The number of benzene rings is 1. The van der Waals surface area contributed by atoms with Gasteiger partial charge in [0.15, 0.2) is 0 Å². The molecule has 0 spiro atoms. The normalized spacial score (nSPS) is 15.0. The highest BCUT2D eigenvalue weighted by Crippen LogP contribution is 2.30. The van der Waals surface area contributed by atoms with Gasteiger partial charge in [0.25, 0.3) is 0 Å². The van der Waals surface area contributed by atoms with Crippen molar-refractivity contribution < 1.29 is 9.18 Å². The summed E-state index contributed by atoms with van der Waals surface area (Å²) in [5.74, 6) is 0.328. The minimum Gasteiger partial charge on any atom is -0.311 e. The van der Waals surface area contributed by atoms with Gasteiger partial charge in [-0.2, -0.15) is 5.10 Å². The van der Waals surface area contributed by atoms with E-state index in [9.17, 15) is 9.18 Å². The molecule has 2 heterocycles. The maximum atomic E-state index is 13.4. The number of thiazole rings is 1. The van der Waals surface area contributed by atoms with Crippen LogP contribution in [0, 0.1) is 5.82 Å². The molecule has 27 heavy (non-hydrogen) atoms. The van der Waals surface area contributed by atoms with Gasteiger partial charge in [-0.3, -0.25) is 4.79 Å². The minimum atomic E-state index is -0.294. The fourth-order valence-electron chi connectivity index (χ4n) is 3.52. The molecular formula is C20H21FN4OS. The predicted molar refractivity (Wildman–Crippen MR) is 104 cm³/mol. The molecule has 0 saturated heterocycles. The van der Waals surface area contributed by atoms with E-state index >= 15 is 0 Å². The lowest BCUT2D eigenvalue weighted by atomic mass is 9.96. The molecule has 1 saturated carbocycles. The van der Waals surface area contributed by atoms with E-state index < -0.39 is 0 Å². The van der Waals surface area contributed by atoms with Crippen LogP contribution in [0.2, 0.25) is 0 Å². The zero-order valence-electron chi connectivity index (χ0n) is 14.9. The van der Waals surface area contributed by atoms with Crippen molar-refractivity contribution in [3.63, 3.8) is 0 Å². The first kappa shape index (κ1) is 17.9. The number of rotatable bonds is 5. The molecule has 1 aliphatic carbocycles. The van der Waals surface area contributed by atoms with Crippen LogP contribution in [0.15, 0.2) is 41.9 Å². The molecule has 140 valence electrons. The Bertz CT molecular complexity index is 929. The van der Waals surface area contributed by atoms with E-state index in [1.54, 1.807) is 12.3 Å². The van der Waals surface area contributed by atoms with Crippen molar-refractivity contribution in [1.29, 1.82) is 0 Å². The standard InChI is InChI=1S/C20H21FN4OS/c21-15-6-4-5-14(11-15)20-23-16(13-27-20)12-19(26)24-18-9-10-22-25(18)17-7-2-1-3-8-17/h4-6,9-11,13,17H,1-3,7-8,12H2,(H,24,26). The van der Waals surface area contributed by atoms with E-state index in [4.69, 9.17) is 0 Å². The van der Waals surface area contributed by atoms with Crippen molar-refractivity contribution in [1.82, 2.24) is 14.8 Å². The van der Waals surface area contributed by atoms with Crippen LogP contribution < -0.4 is 5.32 Å². The van der Waals surface area contributed by atoms with Crippen LogP contribution in [-0.4, -0.2) is 20.7 Å². The Balaban J connectivity index is 1.41. The van der Waals surface area contributed by atoms with Crippen molar-refractivity contribution in [2.45, 2.75) is 44.6 Å². The van der Waals surface area contributed by atoms with Crippen molar-refractivity contribution in [2.75, 3.05) is 5.32 Å². The zero-order valence-corrected chi connectivity index (χ0v) is 15.7. The molecule has 1 amide bonds. The quantitative estimate of drug-likeness (QED) is 0.685. The summed E-state index contributed by atoms with van der Waals surface area (Å²) in [4.78, 5) is 16.9. The van der Waals surface area contributed by atoms with Crippen LogP contribution in [-0.2, 0) is 11.2 Å². The molecule has 0 aliphatic heterocycles. The number of carbonyl (C=O) groups is 1. The van der Waals surface area contributed by atoms with E-state index in [0.717, 1.165) is 24.2 Å². The van der Waals surface area contributed by atoms with Gasteiger partial charge in [-0.15, -0.1) is 11.3 Å². The Kier molecular flexibility index (Phi) is 5.29. The van der Waals surface area contributed by atoms with Gasteiger partial charge in [-0.05, 0) is 25.0 Å². The lowest BCUT2D eigenvalue weighted by Crippen LogP contribution is -2.21. The summed E-state index contributed by atoms with van der Waals surface area (Å²) < 4.78 is 15.3. The maximum absolute atomic E-state index is 13.4. The topological polar surface area (TPSA) is 59.8 Å². The van der Waals surface area contributed by atoms with Gasteiger partial charge >= 0.3 is 0 Å². The van der Waals surface area contributed by atoms with Gasteiger partial charge in [0, 0.05) is 17.0 Å². The molecule has 0 unspecified atom stereocenters. The van der Waals surface area contributed by atoms with Crippen LogP contribution >= 0.6 is 11.3 Å². The fourth-order valence-corrected chi connectivity index (χ4v) is 4.34. The molecule has 5 nitrogen and oxygen atoms in total. The number of hydrogen-bond acceptors (Lipinski definition) is 4. The largest absolute Gasteiger partial charge is 0.311 e. The Morgan fingerprint density at radius 1 is 1.26 bits per heavy atom. The molecule has 3 aromatic rings. The van der Waals surface area contributed by atoms with Crippen LogP contribution in [0.4, 0.5) is 10.2 Å². The number of halogens is 1. The maximum Gasteiger partial charge on any atom is 0.231 e. The molecule has 1 N–H and O–H groups in total. The monoisotopic (exact) mass is 384 g/mol. The van der Waals surface area contributed by atoms with Gasteiger partial charge < -0.3 is 5.32 Å². The lowest BCUT2D eigenvalue weighted by Gasteiger charge is -2.23. The summed E-state index contributed by atoms with van der Waals surface area (Å²) in [6.07, 6.45) is 7.81. The van der Waals surface area contributed by atoms with E-state index in [1.165, 1.54) is 42.7 Å². The Labute approximate surface area is 161 Å². The van der Waals surface area contributed by atoms with E-state index in [-0.39, 0.29) is 18.1 Å². The van der Waals surface area contributed by atoms with Crippen LogP contribution in [0.25, 0.3) is 10.6 Å². The van der Waals surface area contributed by atoms with Gasteiger partial charge in [-0.1, -0.05) is 31.4 Å². The number of anilines is 1. The van der Waals surface area contributed by atoms with Gasteiger partial charge in [0.1, 0.15) is 16.6 Å². The molecule has 0 bridgehead atoms. The van der Waals surface area contributed by atoms with Gasteiger partial charge in [0.2, 0.25) is 5.91 Å². The van der Waals surface area contributed by atoms with E-state index in [0.29, 0.717) is 16.7 Å². The third kappa shape index (κ3) is 4.24. The number of aromatic nitrogens is 3. The van der Waals surface area contributed by atoms with Crippen molar-refractivity contribution in [3.8, 4) is 10.6 Å². The first-order valence-electron chi connectivity index (χ1n) is 9.23. The highest BCUT2D eigenvalue weighted by molar-refractivity contribution is 7.13. The number of nitrogens with one attached hydrogen (secondary N) is 1. The first-order valence-corrected chi connectivity index (χ1v) is 10.1. The predicted octanol–water partition coefficient (Wildman–Crippen LogP) is 4.83. The second-order valence-corrected chi connectivity index (χ2v) is 7.69. The summed E-state index contributed by atoms with van der Waals surface area (Å²) in [5, 5.41) is 9.92. The molecule has 1 aliphatic rings. The smallest absolute Gasteiger partial charge is 0.231 e. The molecule has 2 aromatic heterocycles. The average Bonchev–Trinajstić information content (AvgIpc) is 3.32. The molecule has 1 fully saturated rings. The Morgan fingerprint density at radius 3 is 2.93 bits per heavy atom. The van der Waals surface area contributed by atoms with Crippen LogP contribution in [0.5, 0.6) is 0 Å². The summed E-state index contributed by atoms with van der Waals surface area (Å²) in [5.41, 5.74) is 1.41. The summed E-state index contributed by atoms with van der Waals surface area (Å²) >= 11 is 1.41. The SMILES string of the molecule is O=C(Cc1csc(-c2cccc(F)c2)n1)Nc1ccnn1C1CCCCC1. The Hall–Kier alpha value is -2.54. The third-order valence-corrected chi connectivity index (χ3v) is 5.76. The van der Waals surface area contributed by atoms with Crippen LogP contribution in [0.1, 0.15) is 43.8 Å². The van der Waals surface area contributed by atoms with Gasteiger partial charge in [0.05, 0.1) is 24.4 Å². The number of amides is 1. The summed E-state index contributed by atoms with van der Waals surface area (Å²) in [6, 6.07) is 8.53. The zero-order chi connectivity index (χ0) is 18.6. The van der Waals surface area contributed by atoms with Gasteiger partial charge in [-0.25, -0.2) is 14.1 Å². The molecule has 0 atom stereocenters. The highest BCUT2D eigenvalue weighted by atomic mass is 32.1. The van der Waals surface area contributed by atoms with Crippen molar-refractivity contribution >= 4 is 23.1 Å². The van der Waals surface area contributed by atoms with E-state index in [1.807, 2.05) is 22.2 Å². The lowest BCUT2D eigenvalue weighted by molar-refractivity contribution is -0.115. The summed E-state index contributed by atoms with van der Waals surface area (Å²) in [7, 11) is 0. The second-order valence-electron chi connectivity index (χ2n) is 6.83. The fraction of sp³-hybridized carbons (Fsp3) is 0.350. The number of hydrogen-bond donors (Lipinski definition) is 1. The minimum absolute atomic E-state index is 0.122. The summed E-state index contributed by atoms with van der Waals surface area (Å²) in [6.45, 7) is 0. The van der Waals surface area contributed by atoms with E-state index in [2.05, 4.69) is 15.4 Å². The molecule has 0 radical (unpaired) electrons. The number of carbonyl (C=O) groups excluding carboxylic acids is 1. The second kappa shape index (κ2) is 8.00. The van der Waals surface area contributed by atoms with Crippen LogP contribution in [0.3, 0.4) is 0 Å². The molecule has 4 rings (SSSR count). The average molecular weight is 384 g/mol.